The van der Waals surface area contributed by atoms with Crippen LogP contribution < -0.4 is 5.32 Å². The summed E-state index contributed by atoms with van der Waals surface area (Å²) < 4.78 is 20.2. The minimum Gasteiger partial charge on any atom is -0.444 e. The number of hydrogen-bond donors (Lipinski definition) is 1. The normalized spacial score (nSPS) is 17.0. The van der Waals surface area contributed by atoms with Crippen molar-refractivity contribution in [3.63, 3.8) is 0 Å². The molecule has 0 spiro atoms. The van der Waals surface area contributed by atoms with E-state index >= 15 is 0 Å². The van der Waals surface area contributed by atoms with Gasteiger partial charge in [-0.15, -0.1) is 11.3 Å². The average Bonchev–Trinajstić information content (AvgIpc) is 3.06. The topological polar surface area (TPSA) is 71.5 Å². The highest BCUT2D eigenvalue weighted by Crippen LogP contribution is 2.36. The summed E-state index contributed by atoms with van der Waals surface area (Å²) in [6.45, 7) is 6.25. The van der Waals surface area contributed by atoms with Crippen LogP contribution in [0.25, 0.3) is 10.4 Å². The van der Waals surface area contributed by atoms with E-state index in [1.165, 1.54) is 17.4 Å². The summed E-state index contributed by atoms with van der Waals surface area (Å²) in [5.74, 6) is -0.657. The molecule has 2 aromatic rings. The van der Waals surface area contributed by atoms with Gasteiger partial charge in [-0.25, -0.2) is 14.2 Å². The molecule has 0 bridgehead atoms. The van der Waals surface area contributed by atoms with Crippen LogP contribution in [0.1, 0.15) is 50.5 Å². The standard InChI is InChI=1S/C21H25BrFN3O3S/c1-21(2,3)29-20(28)24-12-13-8-6-7-11-26(13)18(27)16-17(30-19(22)25-16)14-9-4-5-10-15(14)23/h4-5,9-10,13H,6-8,11-12H2,1-3H3,(H,24,28)/t13-/m0/s1. The van der Waals surface area contributed by atoms with Crippen molar-refractivity contribution in [3.8, 4) is 10.4 Å². The van der Waals surface area contributed by atoms with Crippen LogP contribution in [-0.2, 0) is 4.74 Å². The molecular weight excluding hydrogens is 473 g/mol. The van der Waals surface area contributed by atoms with E-state index in [9.17, 15) is 14.0 Å². The monoisotopic (exact) mass is 497 g/mol. The highest BCUT2D eigenvalue weighted by molar-refractivity contribution is 9.11. The number of nitrogens with zero attached hydrogens (tertiary/aromatic N) is 2. The van der Waals surface area contributed by atoms with Gasteiger partial charge in [0.25, 0.3) is 5.91 Å². The van der Waals surface area contributed by atoms with Crippen molar-refractivity contribution < 1.29 is 18.7 Å². The molecule has 1 aromatic heterocycles. The first-order chi connectivity index (χ1) is 14.2. The second kappa shape index (κ2) is 9.43. The van der Waals surface area contributed by atoms with E-state index in [1.54, 1.807) is 43.9 Å². The van der Waals surface area contributed by atoms with Crippen molar-refractivity contribution in [1.29, 1.82) is 0 Å². The highest BCUT2D eigenvalue weighted by atomic mass is 79.9. The SMILES string of the molecule is CC(C)(C)OC(=O)NC[C@@H]1CCCCN1C(=O)c1nc(Br)sc1-c1ccccc1F. The van der Waals surface area contributed by atoms with Gasteiger partial charge in [-0.1, -0.05) is 18.2 Å². The maximum Gasteiger partial charge on any atom is 0.407 e. The fraction of sp³-hybridized carbons (Fsp3) is 0.476. The predicted octanol–water partition coefficient (Wildman–Crippen LogP) is 5.23. The fourth-order valence-corrected chi connectivity index (χ4v) is 4.87. The lowest BCUT2D eigenvalue weighted by Crippen LogP contribution is -2.50. The molecule has 30 heavy (non-hydrogen) atoms. The molecule has 2 amide bonds. The van der Waals surface area contributed by atoms with Crippen LogP contribution in [0.5, 0.6) is 0 Å². The van der Waals surface area contributed by atoms with Crippen LogP contribution in [0, 0.1) is 5.82 Å². The van der Waals surface area contributed by atoms with Crippen LogP contribution in [-0.4, -0.2) is 46.6 Å². The number of amides is 2. The summed E-state index contributed by atoms with van der Waals surface area (Å²) in [7, 11) is 0. The summed E-state index contributed by atoms with van der Waals surface area (Å²) in [6, 6.07) is 6.18. The Hall–Kier alpha value is -2.00. The molecule has 162 valence electrons. The maximum absolute atomic E-state index is 14.4. The third-order valence-electron chi connectivity index (χ3n) is 4.69. The molecule has 3 rings (SSSR count). The van der Waals surface area contributed by atoms with Gasteiger partial charge in [0.05, 0.1) is 4.88 Å². The van der Waals surface area contributed by atoms with Gasteiger partial charge in [-0.3, -0.25) is 4.79 Å². The Bertz CT molecular complexity index is 928. The lowest BCUT2D eigenvalue weighted by molar-refractivity contribution is 0.0461. The zero-order valence-corrected chi connectivity index (χ0v) is 19.6. The van der Waals surface area contributed by atoms with Crippen molar-refractivity contribution in [2.45, 2.75) is 51.7 Å². The summed E-state index contributed by atoms with van der Waals surface area (Å²) in [5.41, 5.74) is -0.0149. The number of alkyl carbamates (subject to hydrolysis) is 1. The number of rotatable bonds is 4. The molecule has 1 aliphatic heterocycles. The Morgan fingerprint density at radius 2 is 2.07 bits per heavy atom. The molecule has 0 aliphatic carbocycles. The number of halogens is 2. The number of nitrogens with one attached hydrogen (secondary N) is 1. The van der Waals surface area contributed by atoms with Crippen LogP contribution in [0.2, 0.25) is 0 Å². The molecule has 0 radical (unpaired) electrons. The Balaban J connectivity index is 1.80. The number of hydrogen-bond acceptors (Lipinski definition) is 5. The van der Waals surface area contributed by atoms with Crippen LogP contribution >= 0.6 is 27.3 Å². The van der Waals surface area contributed by atoms with Crippen molar-refractivity contribution in [3.05, 3.63) is 39.7 Å². The van der Waals surface area contributed by atoms with Crippen LogP contribution in [0.15, 0.2) is 28.2 Å². The Morgan fingerprint density at radius 1 is 1.33 bits per heavy atom. The zero-order valence-electron chi connectivity index (χ0n) is 17.2. The van der Waals surface area contributed by atoms with E-state index in [-0.39, 0.29) is 17.6 Å². The highest BCUT2D eigenvalue weighted by Gasteiger charge is 2.32. The van der Waals surface area contributed by atoms with Gasteiger partial charge in [0, 0.05) is 24.7 Å². The number of carbonyl (C=O) groups excluding carboxylic acids is 2. The minimum atomic E-state index is -0.590. The maximum atomic E-state index is 14.4. The molecule has 9 heteroatoms. The van der Waals surface area contributed by atoms with Crippen LogP contribution in [0.4, 0.5) is 9.18 Å². The molecule has 1 atom stereocenters. The van der Waals surface area contributed by atoms with E-state index < -0.39 is 17.5 Å². The summed E-state index contributed by atoms with van der Waals surface area (Å²) >= 11 is 4.56. The molecular formula is C21H25BrFN3O3S. The molecule has 1 N–H and O–H groups in total. The second-order valence-electron chi connectivity index (χ2n) is 8.16. The number of thiazole rings is 1. The Kier molecular flexibility index (Phi) is 7.13. The second-order valence-corrected chi connectivity index (χ2v) is 10.4. The first-order valence-electron chi connectivity index (χ1n) is 9.85. The molecule has 0 saturated carbocycles. The largest absolute Gasteiger partial charge is 0.444 e. The van der Waals surface area contributed by atoms with Gasteiger partial charge in [0.1, 0.15) is 17.1 Å². The lowest BCUT2D eigenvalue weighted by Gasteiger charge is -2.35. The predicted molar refractivity (Wildman–Crippen MR) is 118 cm³/mol. The average molecular weight is 498 g/mol. The smallest absolute Gasteiger partial charge is 0.407 e. The van der Waals surface area contributed by atoms with Crippen molar-refractivity contribution in [1.82, 2.24) is 15.2 Å². The van der Waals surface area contributed by atoms with Crippen LogP contribution in [0.3, 0.4) is 0 Å². The first-order valence-corrected chi connectivity index (χ1v) is 11.5. The van der Waals surface area contributed by atoms with Gasteiger partial charge in [0.2, 0.25) is 0 Å². The Labute approximate surface area is 188 Å². The van der Waals surface area contributed by atoms with E-state index in [2.05, 4.69) is 26.2 Å². The molecule has 0 unspecified atom stereocenters. The van der Waals surface area contributed by atoms with Crippen molar-refractivity contribution in [2.75, 3.05) is 13.1 Å². The van der Waals surface area contributed by atoms with E-state index in [4.69, 9.17) is 4.74 Å². The van der Waals surface area contributed by atoms with Gasteiger partial charge >= 0.3 is 6.09 Å². The van der Waals surface area contributed by atoms with Crippen molar-refractivity contribution >= 4 is 39.3 Å². The first kappa shape index (κ1) is 22.7. The molecule has 1 saturated heterocycles. The summed E-state index contributed by atoms with van der Waals surface area (Å²) in [6.07, 6.45) is 2.09. The number of ether oxygens (including phenoxy) is 1. The number of benzene rings is 1. The number of carbonyl (C=O) groups is 2. The number of aromatic nitrogens is 1. The van der Waals surface area contributed by atoms with Gasteiger partial charge in [0.15, 0.2) is 3.92 Å². The van der Waals surface area contributed by atoms with E-state index in [0.717, 1.165) is 19.3 Å². The lowest BCUT2D eigenvalue weighted by atomic mass is 10.0. The summed E-state index contributed by atoms with van der Waals surface area (Å²) in [5, 5.41) is 2.76. The van der Waals surface area contributed by atoms with E-state index in [1.807, 2.05) is 0 Å². The van der Waals surface area contributed by atoms with Gasteiger partial charge in [-0.05, 0) is 62.0 Å². The van der Waals surface area contributed by atoms with Gasteiger partial charge in [-0.2, -0.15) is 0 Å². The molecule has 2 heterocycles. The quantitative estimate of drug-likeness (QED) is 0.627. The minimum absolute atomic E-state index is 0.173. The fourth-order valence-electron chi connectivity index (χ4n) is 3.40. The van der Waals surface area contributed by atoms with E-state index in [0.29, 0.717) is 27.4 Å². The van der Waals surface area contributed by atoms with Gasteiger partial charge < -0.3 is 15.0 Å². The molecule has 1 aromatic carbocycles. The zero-order chi connectivity index (χ0) is 21.9. The molecule has 1 fully saturated rings. The Morgan fingerprint density at radius 3 is 2.77 bits per heavy atom. The summed E-state index contributed by atoms with van der Waals surface area (Å²) in [4.78, 5) is 32.0. The molecule has 1 aliphatic rings. The molecule has 6 nitrogen and oxygen atoms in total. The number of piperidine rings is 1. The third-order valence-corrected chi connectivity index (χ3v) is 6.23. The number of likely N-dealkylation sites (tertiary alicyclic amines) is 1. The van der Waals surface area contributed by atoms with Crippen molar-refractivity contribution in [2.24, 2.45) is 0 Å². The third kappa shape index (κ3) is 5.57.